The molecule has 2 aromatic heterocycles. The minimum absolute atomic E-state index is 0.143. The smallest absolute Gasteiger partial charge is 0.321 e. The lowest BCUT2D eigenvalue weighted by molar-refractivity contribution is 0.0940. The molecule has 1 aliphatic rings. The van der Waals surface area contributed by atoms with E-state index in [-0.39, 0.29) is 24.2 Å². The van der Waals surface area contributed by atoms with Crippen LogP contribution in [-0.4, -0.2) is 47.2 Å². The first-order chi connectivity index (χ1) is 11.1. The van der Waals surface area contributed by atoms with Crippen molar-refractivity contribution in [2.24, 2.45) is 0 Å². The van der Waals surface area contributed by atoms with Gasteiger partial charge in [0.15, 0.2) is 11.5 Å². The molecule has 0 aromatic carbocycles. The lowest BCUT2D eigenvalue weighted by Gasteiger charge is -2.12. The molecular weight excluding hydrogens is 300 g/mol. The van der Waals surface area contributed by atoms with Crippen molar-refractivity contribution >= 4 is 11.9 Å². The largest absolute Gasteiger partial charge is 0.467 e. The molecule has 1 aliphatic carbocycles. The van der Waals surface area contributed by atoms with E-state index in [0.717, 1.165) is 18.6 Å². The Labute approximate surface area is 133 Å². The average Bonchev–Trinajstić information content (AvgIpc) is 3.29. The molecule has 0 saturated heterocycles. The van der Waals surface area contributed by atoms with Crippen LogP contribution in [0.1, 0.15) is 40.8 Å². The number of nitrogens with one attached hydrogen (secondary N) is 1. The topological polar surface area (TPSA) is 106 Å². The van der Waals surface area contributed by atoms with E-state index in [1.807, 2.05) is 14.1 Å². The van der Waals surface area contributed by atoms with Crippen LogP contribution in [0.15, 0.2) is 10.6 Å². The van der Waals surface area contributed by atoms with E-state index in [2.05, 4.69) is 25.4 Å². The standard InChI is InChI=1S/C14H18N6O3/c1-20(2)13-16-11(17-14(18-13)22-3)7-15-12(21)9-6-10(23-19-9)8-4-5-8/h6,8H,4-5,7H2,1-3H3,(H,15,21). The van der Waals surface area contributed by atoms with E-state index >= 15 is 0 Å². The number of rotatable bonds is 6. The van der Waals surface area contributed by atoms with Gasteiger partial charge in [-0.05, 0) is 12.8 Å². The number of aromatic nitrogens is 4. The first-order valence-electron chi connectivity index (χ1n) is 7.28. The molecule has 23 heavy (non-hydrogen) atoms. The zero-order valence-corrected chi connectivity index (χ0v) is 13.2. The van der Waals surface area contributed by atoms with Crippen LogP contribution < -0.4 is 15.0 Å². The molecule has 1 N–H and O–H groups in total. The minimum Gasteiger partial charge on any atom is -0.467 e. The Morgan fingerprint density at radius 2 is 2.17 bits per heavy atom. The number of hydrogen-bond donors (Lipinski definition) is 1. The van der Waals surface area contributed by atoms with Gasteiger partial charge in [-0.3, -0.25) is 4.79 Å². The maximum atomic E-state index is 12.1. The second-order valence-corrected chi connectivity index (χ2v) is 5.50. The van der Waals surface area contributed by atoms with Gasteiger partial charge in [0.1, 0.15) is 5.76 Å². The summed E-state index contributed by atoms with van der Waals surface area (Å²) < 4.78 is 10.2. The van der Waals surface area contributed by atoms with Crippen LogP contribution in [-0.2, 0) is 6.54 Å². The van der Waals surface area contributed by atoms with E-state index in [1.54, 1.807) is 11.0 Å². The van der Waals surface area contributed by atoms with Gasteiger partial charge >= 0.3 is 6.01 Å². The molecular formula is C14H18N6O3. The third-order valence-electron chi connectivity index (χ3n) is 3.38. The molecule has 122 valence electrons. The maximum absolute atomic E-state index is 12.1. The van der Waals surface area contributed by atoms with Crippen molar-refractivity contribution in [2.45, 2.75) is 25.3 Å². The second kappa shape index (κ2) is 6.19. The van der Waals surface area contributed by atoms with Crippen molar-refractivity contribution in [2.75, 3.05) is 26.1 Å². The summed E-state index contributed by atoms with van der Waals surface area (Å²) in [6.45, 7) is 0.143. The predicted octanol–water partition coefficient (Wildman–Crippen LogP) is 0.742. The van der Waals surface area contributed by atoms with Crippen LogP contribution in [0.4, 0.5) is 5.95 Å². The first-order valence-corrected chi connectivity index (χ1v) is 7.28. The number of nitrogens with zero attached hydrogens (tertiary/aromatic N) is 5. The fourth-order valence-corrected chi connectivity index (χ4v) is 1.96. The number of hydrogen-bond acceptors (Lipinski definition) is 8. The molecule has 9 nitrogen and oxygen atoms in total. The van der Waals surface area contributed by atoms with Crippen molar-refractivity contribution in [3.05, 3.63) is 23.3 Å². The van der Waals surface area contributed by atoms with Gasteiger partial charge in [0.25, 0.3) is 5.91 Å². The van der Waals surface area contributed by atoms with Gasteiger partial charge in [-0.1, -0.05) is 5.16 Å². The Morgan fingerprint density at radius 1 is 1.39 bits per heavy atom. The Kier molecular flexibility index (Phi) is 4.09. The van der Waals surface area contributed by atoms with E-state index in [4.69, 9.17) is 9.26 Å². The van der Waals surface area contributed by atoms with Gasteiger partial charge in [-0.2, -0.15) is 15.0 Å². The highest BCUT2D eigenvalue weighted by Crippen LogP contribution is 2.40. The van der Waals surface area contributed by atoms with Gasteiger partial charge in [0.2, 0.25) is 5.95 Å². The monoisotopic (exact) mass is 318 g/mol. The van der Waals surface area contributed by atoms with E-state index in [1.165, 1.54) is 7.11 Å². The molecule has 0 spiro atoms. The molecule has 2 heterocycles. The number of amides is 1. The van der Waals surface area contributed by atoms with Crippen molar-refractivity contribution in [3.63, 3.8) is 0 Å². The summed E-state index contributed by atoms with van der Waals surface area (Å²) in [5, 5.41) is 6.51. The highest BCUT2D eigenvalue weighted by atomic mass is 16.5. The molecule has 0 radical (unpaired) electrons. The van der Waals surface area contributed by atoms with Gasteiger partial charge < -0.3 is 19.5 Å². The highest BCUT2D eigenvalue weighted by Gasteiger charge is 2.28. The van der Waals surface area contributed by atoms with Crippen molar-refractivity contribution in [1.82, 2.24) is 25.4 Å². The summed E-state index contributed by atoms with van der Waals surface area (Å²) >= 11 is 0. The molecule has 0 aliphatic heterocycles. The Bertz CT molecular complexity index is 710. The number of ether oxygens (including phenoxy) is 1. The summed E-state index contributed by atoms with van der Waals surface area (Å²) in [5.74, 6) is 1.72. The molecule has 0 atom stereocenters. The van der Waals surface area contributed by atoms with E-state index < -0.39 is 0 Å². The summed E-state index contributed by atoms with van der Waals surface area (Å²) in [6.07, 6.45) is 2.18. The van der Waals surface area contributed by atoms with Crippen molar-refractivity contribution < 1.29 is 14.1 Å². The first kappa shape index (κ1) is 15.2. The van der Waals surface area contributed by atoms with E-state index in [9.17, 15) is 4.79 Å². The van der Waals surface area contributed by atoms with Gasteiger partial charge in [-0.15, -0.1) is 0 Å². The zero-order chi connectivity index (χ0) is 16.4. The molecule has 1 fully saturated rings. The number of anilines is 1. The normalized spacial score (nSPS) is 13.7. The maximum Gasteiger partial charge on any atom is 0.321 e. The highest BCUT2D eigenvalue weighted by molar-refractivity contribution is 5.92. The molecule has 3 rings (SSSR count). The predicted molar refractivity (Wildman–Crippen MR) is 80.4 cm³/mol. The molecule has 2 aromatic rings. The number of carbonyl (C=O) groups is 1. The SMILES string of the molecule is COc1nc(CNC(=O)c2cc(C3CC3)on2)nc(N(C)C)n1. The Balaban J connectivity index is 1.66. The summed E-state index contributed by atoms with van der Waals surface area (Å²) in [5.41, 5.74) is 0.265. The minimum atomic E-state index is -0.327. The molecule has 0 unspecified atom stereocenters. The second-order valence-electron chi connectivity index (χ2n) is 5.50. The summed E-state index contributed by atoms with van der Waals surface area (Å²) in [7, 11) is 5.10. The Hall–Kier alpha value is -2.71. The number of carbonyl (C=O) groups excluding carboxylic acids is 1. The van der Waals surface area contributed by atoms with Crippen LogP contribution in [0.25, 0.3) is 0 Å². The molecule has 9 heteroatoms. The Morgan fingerprint density at radius 3 is 2.83 bits per heavy atom. The third-order valence-corrected chi connectivity index (χ3v) is 3.38. The zero-order valence-electron chi connectivity index (χ0n) is 13.2. The van der Waals surface area contributed by atoms with Gasteiger partial charge in [0.05, 0.1) is 13.7 Å². The van der Waals surface area contributed by atoms with Gasteiger partial charge in [-0.25, -0.2) is 0 Å². The van der Waals surface area contributed by atoms with E-state index in [0.29, 0.717) is 17.7 Å². The van der Waals surface area contributed by atoms with Crippen molar-refractivity contribution in [3.8, 4) is 6.01 Å². The molecule has 0 bridgehead atoms. The quantitative estimate of drug-likeness (QED) is 0.831. The van der Waals surface area contributed by atoms with Crippen molar-refractivity contribution in [1.29, 1.82) is 0 Å². The number of methoxy groups -OCH3 is 1. The summed E-state index contributed by atoms with van der Waals surface area (Å²) in [4.78, 5) is 26.3. The molecule has 1 saturated carbocycles. The lowest BCUT2D eigenvalue weighted by Crippen LogP contribution is -2.25. The summed E-state index contributed by atoms with van der Waals surface area (Å²) in [6, 6.07) is 1.89. The van der Waals surface area contributed by atoms with Crippen LogP contribution in [0, 0.1) is 0 Å². The lowest BCUT2D eigenvalue weighted by atomic mass is 10.3. The fraction of sp³-hybridized carbons (Fsp3) is 0.500. The van der Waals surface area contributed by atoms with Crippen LogP contribution in [0.5, 0.6) is 6.01 Å². The van der Waals surface area contributed by atoms with Crippen LogP contribution >= 0.6 is 0 Å². The molecule has 1 amide bonds. The fourth-order valence-electron chi connectivity index (χ4n) is 1.96. The van der Waals surface area contributed by atoms with Crippen LogP contribution in [0.2, 0.25) is 0 Å². The van der Waals surface area contributed by atoms with Crippen LogP contribution in [0.3, 0.4) is 0 Å². The average molecular weight is 318 g/mol. The van der Waals surface area contributed by atoms with Gasteiger partial charge in [0, 0.05) is 26.1 Å². The third kappa shape index (κ3) is 3.55.